The fourth-order valence-corrected chi connectivity index (χ4v) is 4.21. The van der Waals surface area contributed by atoms with Gasteiger partial charge in [0.15, 0.2) is 0 Å². The average Bonchev–Trinajstić information content (AvgIpc) is 3.26. The Labute approximate surface area is 179 Å². The summed E-state index contributed by atoms with van der Waals surface area (Å²) in [5.41, 5.74) is -0.834. The van der Waals surface area contributed by atoms with Crippen LogP contribution < -0.4 is 10.9 Å². The number of aromatic nitrogens is 2. The minimum absolute atomic E-state index is 0.0677. The number of aliphatic hydroxyl groups excluding tert-OH is 1. The molecule has 4 aliphatic rings. The van der Waals surface area contributed by atoms with E-state index < -0.39 is 22.8 Å². The van der Waals surface area contributed by atoms with Gasteiger partial charge in [0.1, 0.15) is 28.2 Å². The number of amides is 1. The molecule has 9 heteroatoms. The van der Waals surface area contributed by atoms with Gasteiger partial charge in [0.05, 0.1) is 0 Å². The number of fused-ring (bicyclic) bond motifs is 4. The van der Waals surface area contributed by atoms with Crippen LogP contribution in [0.2, 0.25) is 0 Å². The van der Waals surface area contributed by atoms with E-state index in [0.29, 0.717) is 22.2 Å². The zero-order chi connectivity index (χ0) is 22.0. The number of carbonyl (C=O) groups is 1. The van der Waals surface area contributed by atoms with Crippen molar-refractivity contribution in [2.45, 2.75) is 5.41 Å². The third-order valence-electron chi connectivity index (χ3n) is 5.70. The Balaban J connectivity index is 1.62. The largest absolute Gasteiger partial charge is 0.480 e. The summed E-state index contributed by atoms with van der Waals surface area (Å²) >= 11 is 0. The van der Waals surface area contributed by atoms with Crippen LogP contribution in [0.15, 0.2) is 81.4 Å². The normalized spacial score (nSPS) is 19.6. The number of hydrogen-bond acceptors (Lipinski definition) is 7. The number of para-hydroxylation sites is 2. The number of nitriles is 1. The summed E-state index contributed by atoms with van der Waals surface area (Å²) in [5, 5.41) is 27.9. The summed E-state index contributed by atoms with van der Waals surface area (Å²) in [5.74, 6) is -1.48. The molecule has 1 amide bonds. The number of ether oxygens (including phenoxy) is 1. The highest BCUT2D eigenvalue weighted by Gasteiger charge is 2.53. The number of rotatable bonds is 1. The van der Waals surface area contributed by atoms with Gasteiger partial charge in [-0.3, -0.25) is 9.59 Å². The lowest BCUT2D eigenvalue weighted by atomic mass is 9.74. The van der Waals surface area contributed by atoms with Crippen molar-refractivity contribution in [1.82, 2.24) is 9.78 Å². The van der Waals surface area contributed by atoms with Crippen molar-refractivity contribution in [3.05, 3.63) is 88.1 Å². The number of carbonyl (C=O) groups excluding carboxylic acids is 1. The lowest BCUT2D eigenvalue weighted by molar-refractivity contribution is -0.118. The zero-order valence-corrected chi connectivity index (χ0v) is 16.2. The lowest BCUT2D eigenvalue weighted by Crippen LogP contribution is -2.38. The maximum absolute atomic E-state index is 13.1. The topological polar surface area (TPSA) is 130 Å². The van der Waals surface area contributed by atoms with Gasteiger partial charge in [0.25, 0.3) is 11.5 Å². The SMILES string of the molecule is N#CC1=C(O)OC(n2nc3oc4ccccc4cc-3c2=O)=CC12C(=O)Nc1ccccc12. The fraction of sp³-hybridized carbons (Fsp3) is 0.0435. The van der Waals surface area contributed by atoms with Gasteiger partial charge in [-0.25, -0.2) is 0 Å². The van der Waals surface area contributed by atoms with Gasteiger partial charge < -0.3 is 19.6 Å². The first kappa shape index (κ1) is 18.0. The van der Waals surface area contributed by atoms with E-state index in [0.717, 1.165) is 4.68 Å². The molecule has 4 heterocycles. The van der Waals surface area contributed by atoms with E-state index in [9.17, 15) is 20.0 Å². The summed E-state index contributed by atoms with van der Waals surface area (Å²) < 4.78 is 12.0. The van der Waals surface area contributed by atoms with Crippen LogP contribution in [0.25, 0.3) is 28.3 Å². The van der Waals surface area contributed by atoms with E-state index in [1.807, 2.05) is 12.1 Å². The first-order valence-corrected chi connectivity index (χ1v) is 9.60. The molecule has 1 spiro atoms. The van der Waals surface area contributed by atoms with E-state index in [1.165, 1.54) is 6.08 Å². The molecule has 9 nitrogen and oxygen atoms in total. The highest BCUT2D eigenvalue weighted by molar-refractivity contribution is 6.11. The van der Waals surface area contributed by atoms with Gasteiger partial charge in [-0.1, -0.05) is 36.4 Å². The Morgan fingerprint density at radius 3 is 2.75 bits per heavy atom. The third-order valence-corrected chi connectivity index (χ3v) is 5.70. The van der Waals surface area contributed by atoms with Crippen molar-refractivity contribution in [3.63, 3.8) is 0 Å². The van der Waals surface area contributed by atoms with Crippen LogP contribution in [0.4, 0.5) is 5.69 Å². The Morgan fingerprint density at radius 2 is 1.91 bits per heavy atom. The summed E-state index contributed by atoms with van der Waals surface area (Å²) in [6.07, 6.45) is 1.32. The molecule has 0 radical (unpaired) electrons. The first-order valence-electron chi connectivity index (χ1n) is 9.60. The molecule has 0 saturated heterocycles. The van der Waals surface area contributed by atoms with Crippen molar-refractivity contribution in [2.24, 2.45) is 0 Å². The molecule has 0 aromatic heterocycles. The van der Waals surface area contributed by atoms with Crippen molar-refractivity contribution in [1.29, 1.82) is 5.26 Å². The summed E-state index contributed by atoms with van der Waals surface area (Å²) in [7, 11) is 0. The monoisotopic (exact) mass is 424 g/mol. The molecule has 4 aliphatic heterocycles. The number of benzene rings is 2. The number of nitrogens with one attached hydrogen (secondary N) is 1. The Hall–Kier alpha value is -4.84. The molecular weight excluding hydrogens is 412 g/mol. The van der Waals surface area contributed by atoms with Gasteiger partial charge in [-0.15, -0.1) is 5.10 Å². The molecule has 0 fully saturated rings. The van der Waals surface area contributed by atoms with Crippen LogP contribution in [0, 0.1) is 11.3 Å². The molecule has 2 aromatic rings. The maximum atomic E-state index is 13.1. The first-order chi connectivity index (χ1) is 15.5. The number of hydrogen-bond donors (Lipinski definition) is 2. The summed E-state index contributed by atoms with van der Waals surface area (Å²) in [4.78, 5) is 26.2. The van der Waals surface area contributed by atoms with E-state index in [1.54, 1.807) is 48.5 Å². The van der Waals surface area contributed by atoms with E-state index >= 15 is 0 Å². The highest BCUT2D eigenvalue weighted by Crippen LogP contribution is 2.48. The van der Waals surface area contributed by atoms with Gasteiger partial charge in [0, 0.05) is 22.7 Å². The maximum Gasteiger partial charge on any atom is 0.299 e. The molecule has 1 unspecified atom stereocenters. The van der Waals surface area contributed by atoms with Crippen LogP contribution in [0.5, 0.6) is 0 Å². The molecule has 32 heavy (non-hydrogen) atoms. The number of nitrogens with zero attached hydrogens (tertiary/aromatic N) is 3. The molecule has 1 atom stereocenters. The predicted octanol–water partition coefficient (Wildman–Crippen LogP) is 3.11. The molecule has 0 bridgehead atoms. The smallest absolute Gasteiger partial charge is 0.299 e. The van der Waals surface area contributed by atoms with Crippen LogP contribution >= 0.6 is 0 Å². The van der Waals surface area contributed by atoms with Crippen LogP contribution in [-0.2, 0) is 14.9 Å². The quantitative estimate of drug-likeness (QED) is 0.480. The van der Waals surface area contributed by atoms with Crippen LogP contribution in [-0.4, -0.2) is 20.8 Å². The van der Waals surface area contributed by atoms with Crippen molar-refractivity contribution < 1.29 is 19.1 Å². The Morgan fingerprint density at radius 1 is 1.12 bits per heavy atom. The minimum atomic E-state index is -1.67. The molecule has 154 valence electrons. The fourth-order valence-electron chi connectivity index (χ4n) is 4.21. The van der Waals surface area contributed by atoms with Gasteiger partial charge in [0.2, 0.25) is 17.7 Å². The summed E-state index contributed by atoms with van der Waals surface area (Å²) in [6.45, 7) is 0. The van der Waals surface area contributed by atoms with Crippen LogP contribution in [0.3, 0.4) is 0 Å². The highest BCUT2D eigenvalue weighted by atomic mass is 16.6. The Bertz CT molecular complexity index is 1600. The molecule has 6 rings (SSSR count). The van der Waals surface area contributed by atoms with E-state index in [-0.39, 0.29) is 22.9 Å². The van der Waals surface area contributed by atoms with E-state index in [4.69, 9.17) is 9.15 Å². The molecule has 0 saturated carbocycles. The van der Waals surface area contributed by atoms with E-state index in [2.05, 4.69) is 10.4 Å². The second-order valence-electron chi connectivity index (χ2n) is 7.40. The molecule has 2 aromatic carbocycles. The standard InChI is InChI=1S/C23H12N4O5/c24-11-15-21(29)32-18(10-23(15)14-6-2-3-7-16(14)25-22(23)30)27-20(28)13-9-12-5-1-4-8-17(12)31-19(13)26-27/h1-10,29H,(H,25,30). The third kappa shape index (κ3) is 2.18. The second-order valence-corrected chi connectivity index (χ2v) is 7.40. The Kier molecular flexibility index (Phi) is 3.42. The minimum Gasteiger partial charge on any atom is -0.480 e. The van der Waals surface area contributed by atoms with Crippen LogP contribution in [0.1, 0.15) is 5.56 Å². The average molecular weight is 424 g/mol. The molecule has 2 N–H and O–H groups in total. The lowest BCUT2D eigenvalue weighted by Gasteiger charge is -2.28. The van der Waals surface area contributed by atoms with Crippen molar-refractivity contribution >= 4 is 28.4 Å². The second kappa shape index (κ2) is 6.09. The van der Waals surface area contributed by atoms with Gasteiger partial charge in [-0.05, 0) is 18.2 Å². The van der Waals surface area contributed by atoms with Gasteiger partial charge in [-0.2, -0.15) is 9.94 Å². The molecule has 0 aliphatic carbocycles. The molecular formula is C23H12N4O5. The predicted molar refractivity (Wildman–Crippen MR) is 112 cm³/mol. The van der Waals surface area contributed by atoms with Gasteiger partial charge >= 0.3 is 0 Å². The number of aliphatic hydroxyl groups is 1. The number of anilines is 1. The van der Waals surface area contributed by atoms with Crippen molar-refractivity contribution in [2.75, 3.05) is 5.32 Å². The van der Waals surface area contributed by atoms with Crippen molar-refractivity contribution in [3.8, 4) is 17.5 Å². The summed E-state index contributed by atoms with van der Waals surface area (Å²) in [6, 6.07) is 17.5. The zero-order valence-electron chi connectivity index (χ0n) is 16.2.